The monoisotopic (exact) mass is 356 g/mol. The largest absolute Gasteiger partial charge is 0.493 e. The lowest BCUT2D eigenvalue weighted by molar-refractivity contribution is 0.165. The summed E-state index contributed by atoms with van der Waals surface area (Å²) in [6, 6.07) is 6.16. The summed E-state index contributed by atoms with van der Waals surface area (Å²) >= 11 is 0. The van der Waals surface area contributed by atoms with E-state index in [4.69, 9.17) is 14.2 Å². The van der Waals surface area contributed by atoms with Crippen molar-refractivity contribution in [1.29, 1.82) is 0 Å². The predicted octanol–water partition coefficient (Wildman–Crippen LogP) is 2.85. The number of ether oxygens (including phenoxy) is 3. The Morgan fingerprint density at radius 3 is 2.00 bits per heavy atom. The van der Waals surface area contributed by atoms with Gasteiger partial charge >= 0.3 is 0 Å². The molecule has 2 bridgehead atoms. The van der Waals surface area contributed by atoms with Crippen LogP contribution in [0.2, 0.25) is 0 Å². The topological polar surface area (TPSA) is 43.0 Å². The Kier molecular flexibility index (Phi) is 6.61. The molecule has 0 aliphatic carbocycles. The van der Waals surface area contributed by atoms with E-state index in [2.05, 4.69) is 17.3 Å². The smallest absolute Gasteiger partial charge is 0.203 e. The Balaban J connectivity index is 0.00000208. The van der Waals surface area contributed by atoms with Gasteiger partial charge < -0.3 is 19.5 Å². The molecule has 0 spiro atoms. The average Bonchev–Trinajstić information content (AvgIpc) is 2.91. The number of fused-ring (bicyclic) bond motifs is 2. The summed E-state index contributed by atoms with van der Waals surface area (Å²) in [5, 5.41) is 3.71. The molecular weight excluding hydrogens is 328 g/mol. The highest BCUT2D eigenvalue weighted by Crippen LogP contribution is 2.39. The summed E-state index contributed by atoms with van der Waals surface area (Å²) in [4.78, 5) is 2.47. The molecule has 0 saturated carbocycles. The molecule has 2 aliphatic rings. The van der Waals surface area contributed by atoms with Crippen LogP contribution in [-0.2, 0) is 6.54 Å². The van der Waals surface area contributed by atoms with Crippen molar-refractivity contribution in [3.63, 3.8) is 0 Å². The molecule has 6 heteroatoms. The molecule has 5 nitrogen and oxygen atoms in total. The molecule has 1 aromatic carbocycles. The standard InChI is InChI=1S/C18H28N2O3.ClH/c1-20(15-9-13-5-6-14(10-15)19-13)11-12-7-16(21-2)18(23-4)17(8-12)22-3;/h7-8,13-15,19H,5-6,9-11H2,1-4H3;1H. The first kappa shape index (κ1) is 19.2. The van der Waals surface area contributed by atoms with E-state index in [-0.39, 0.29) is 12.4 Å². The number of halogens is 1. The van der Waals surface area contributed by atoms with Crippen molar-refractivity contribution >= 4 is 12.4 Å². The summed E-state index contributed by atoms with van der Waals surface area (Å²) in [6.07, 6.45) is 5.16. The van der Waals surface area contributed by atoms with Gasteiger partial charge in [-0.05, 0) is 50.4 Å². The zero-order valence-electron chi connectivity index (χ0n) is 15.0. The van der Waals surface area contributed by atoms with Crippen molar-refractivity contribution in [2.24, 2.45) is 0 Å². The minimum Gasteiger partial charge on any atom is -0.493 e. The second-order valence-corrected chi connectivity index (χ2v) is 6.71. The van der Waals surface area contributed by atoms with Crippen molar-refractivity contribution < 1.29 is 14.2 Å². The molecule has 24 heavy (non-hydrogen) atoms. The van der Waals surface area contributed by atoms with Crippen molar-refractivity contribution in [3.05, 3.63) is 17.7 Å². The van der Waals surface area contributed by atoms with E-state index in [1.807, 2.05) is 12.1 Å². The minimum absolute atomic E-state index is 0. The molecule has 2 aliphatic heterocycles. The Morgan fingerprint density at radius 1 is 1.00 bits per heavy atom. The van der Waals surface area contributed by atoms with E-state index in [0.29, 0.717) is 23.9 Å². The molecule has 2 unspecified atom stereocenters. The van der Waals surface area contributed by atoms with Gasteiger partial charge in [0, 0.05) is 24.7 Å². The van der Waals surface area contributed by atoms with Crippen molar-refractivity contribution in [2.45, 2.75) is 50.4 Å². The highest BCUT2D eigenvalue weighted by atomic mass is 35.5. The fourth-order valence-electron chi connectivity index (χ4n) is 4.03. The lowest BCUT2D eigenvalue weighted by Gasteiger charge is -2.35. The third-order valence-corrected chi connectivity index (χ3v) is 5.23. The van der Waals surface area contributed by atoms with E-state index in [9.17, 15) is 0 Å². The zero-order valence-corrected chi connectivity index (χ0v) is 15.8. The van der Waals surface area contributed by atoms with Crippen molar-refractivity contribution in [1.82, 2.24) is 10.2 Å². The molecular formula is C18H29ClN2O3. The normalized spacial score (nSPS) is 25.3. The molecule has 2 atom stereocenters. The second-order valence-electron chi connectivity index (χ2n) is 6.71. The third kappa shape index (κ3) is 3.90. The molecule has 2 fully saturated rings. The Bertz CT molecular complexity index is 518. The molecule has 0 radical (unpaired) electrons. The number of hydrogen-bond donors (Lipinski definition) is 1. The molecule has 3 rings (SSSR count). The number of methoxy groups -OCH3 is 3. The van der Waals surface area contributed by atoms with Gasteiger partial charge in [-0.1, -0.05) is 0 Å². The summed E-state index contributed by atoms with van der Waals surface area (Å²) in [5.41, 5.74) is 1.19. The second kappa shape index (κ2) is 8.28. The van der Waals surface area contributed by atoms with Crippen molar-refractivity contribution in [2.75, 3.05) is 28.4 Å². The van der Waals surface area contributed by atoms with Gasteiger partial charge in [-0.25, -0.2) is 0 Å². The number of hydrogen-bond acceptors (Lipinski definition) is 5. The summed E-state index contributed by atoms with van der Waals surface area (Å²) in [7, 11) is 7.18. The maximum absolute atomic E-state index is 5.46. The lowest BCUT2D eigenvalue weighted by Crippen LogP contribution is -2.46. The van der Waals surface area contributed by atoms with E-state index in [1.165, 1.54) is 31.2 Å². The maximum Gasteiger partial charge on any atom is 0.203 e. The molecule has 1 N–H and O–H groups in total. The molecule has 2 saturated heterocycles. The van der Waals surface area contributed by atoms with Crippen LogP contribution in [0.1, 0.15) is 31.2 Å². The minimum atomic E-state index is 0. The van der Waals surface area contributed by atoms with Gasteiger partial charge in [0.05, 0.1) is 21.3 Å². The summed E-state index contributed by atoms with van der Waals surface area (Å²) in [6.45, 7) is 0.890. The third-order valence-electron chi connectivity index (χ3n) is 5.23. The molecule has 0 aromatic heterocycles. The Hall–Kier alpha value is -1.17. The van der Waals surface area contributed by atoms with Gasteiger partial charge in [0.1, 0.15) is 0 Å². The van der Waals surface area contributed by atoms with Crippen LogP contribution >= 0.6 is 12.4 Å². The number of piperidine rings is 1. The van der Waals surface area contributed by atoms with E-state index in [0.717, 1.165) is 18.0 Å². The van der Waals surface area contributed by atoms with Crippen LogP contribution in [0.15, 0.2) is 12.1 Å². The summed E-state index contributed by atoms with van der Waals surface area (Å²) < 4.78 is 16.3. The van der Waals surface area contributed by atoms with Crippen LogP contribution in [-0.4, -0.2) is 51.4 Å². The van der Waals surface area contributed by atoms with Gasteiger partial charge in [-0.2, -0.15) is 0 Å². The van der Waals surface area contributed by atoms with Crippen LogP contribution in [0, 0.1) is 0 Å². The summed E-state index contributed by atoms with van der Waals surface area (Å²) in [5.74, 6) is 2.10. The first-order chi connectivity index (χ1) is 11.1. The number of benzene rings is 1. The van der Waals surface area contributed by atoms with Crippen LogP contribution in [0.25, 0.3) is 0 Å². The van der Waals surface area contributed by atoms with Gasteiger partial charge in [0.25, 0.3) is 0 Å². The van der Waals surface area contributed by atoms with Crippen LogP contribution in [0.3, 0.4) is 0 Å². The van der Waals surface area contributed by atoms with E-state index >= 15 is 0 Å². The Morgan fingerprint density at radius 2 is 1.54 bits per heavy atom. The zero-order chi connectivity index (χ0) is 16.4. The van der Waals surface area contributed by atoms with Crippen LogP contribution in [0.4, 0.5) is 0 Å². The Labute approximate surface area is 151 Å². The first-order valence-electron chi connectivity index (χ1n) is 8.39. The predicted molar refractivity (Wildman–Crippen MR) is 97.8 cm³/mol. The number of rotatable bonds is 6. The highest BCUT2D eigenvalue weighted by Gasteiger charge is 2.35. The molecule has 0 amide bonds. The van der Waals surface area contributed by atoms with Crippen LogP contribution in [0.5, 0.6) is 17.2 Å². The fraction of sp³-hybridized carbons (Fsp3) is 0.667. The highest BCUT2D eigenvalue weighted by molar-refractivity contribution is 5.85. The SMILES string of the molecule is COc1cc(CN(C)C2CC3CCC(C2)N3)cc(OC)c1OC.Cl. The van der Waals surface area contributed by atoms with Crippen molar-refractivity contribution in [3.8, 4) is 17.2 Å². The maximum atomic E-state index is 5.46. The first-order valence-corrected chi connectivity index (χ1v) is 8.39. The molecule has 2 heterocycles. The van der Waals surface area contributed by atoms with Gasteiger partial charge in [-0.3, -0.25) is 4.90 Å². The number of nitrogens with one attached hydrogen (secondary N) is 1. The van der Waals surface area contributed by atoms with E-state index in [1.54, 1.807) is 21.3 Å². The van der Waals surface area contributed by atoms with Gasteiger partial charge in [0.15, 0.2) is 11.5 Å². The fourth-order valence-corrected chi connectivity index (χ4v) is 4.03. The van der Waals surface area contributed by atoms with Gasteiger partial charge in [0.2, 0.25) is 5.75 Å². The van der Waals surface area contributed by atoms with E-state index < -0.39 is 0 Å². The van der Waals surface area contributed by atoms with Gasteiger partial charge in [-0.15, -0.1) is 12.4 Å². The quantitative estimate of drug-likeness (QED) is 0.849. The lowest BCUT2D eigenvalue weighted by atomic mass is 9.98. The van der Waals surface area contributed by atoms with Crippen LogP contribution < -0.4 is 19.5 Å². The number of nitrogens with zero attached hydrogens (tertiary/aromatic N) is 1. The average molecular weight is 357 g/mol. The molecule has 1 aromatic rings. The molecule has 136 valence electrons.